The van der Waals surface area contributed by atoms with Crippen LogP contribution in [-0.4, -0.2) is 29.3 Å². The Kier molecular flexibility index (Phi) is 3.55. The number of hydrogen-bond acceptors (Lipinski definition) is 4. The number of rotatable bonds is 4. The molecule has 1 N–H and O–H groups in total. The Morgan fingerprint density at radius 2 is 2.11 bits per heavy atom. The highest BCUT2D eigenvalue weighted by atomic mass is 16.5. The molecule has 1 unspecified atom stereocenters. The Balaban J connectivity index is 2.57. The lowest BCUT2D eigenvalue weighted by atomic mass is 10.1. The summed E-state index contributed by atoms with van der Waals surface area (Å²) >= 11 is 0. The number of fused-ring (bicyclic) bond motifs is 1. The zero-order valence-corrected chi connectivity index (χ0v) is 11.0. The van der Waals surface area contributed by atoms with Crippen molar-refractivity contribution in [2.45, 2.75) is 20.0 Å². The predicted molar refractivity (Wildman–Crippen MR) is 70.8 cm³/mol. The van der Waals surface area contributed by atoms with Crippen LogP contribution in [0.3, 0.4) is 0 Å². The molecule has 1 aromatic heterocycles. The lowest BCUT2D eigenvalue weighted by molar-refractivity contribution is -0.144. The Morgan fingerprint density at radius 3 is 2.74 bits per heavy atom. The number of ether oxygens (including phenoxy) is 2. The number of hydrogen-bond donors (Lipinski definition) is 1. The van der Waals surface area contributed by atoms with Gasteiger partial charge in [0, 0.05) is 17.1 Å². The highest BCUT2D eigenvalue weighted by Gasteiger charge is 2.16. The monoisotopic (exact) mass is 261 g/mol. The van der Waals surface area contributed by atoms with Crippen molar-refractivity contribution in [1.29, 1.82) is 0 Å². The van der Waals surface area contributed by atoms with Crippen LogP contribution >= 0.6 is 0 Å². The van der Waals surface area contributed by atoms with Crippen LogP contribution in [0, 0.1) is 6.92 Å². The van der Waals surface area contributed by atoms with Gasteiger partial charge in [-0.15, -0.1) is 0 Å². The van der Waals surface area contributed by atoms with Crippen LogP contribution in [-0.2, 0) is 4.79 Å². The molecule has 0 radical (unpaired) electrons. The van der Waals surface area contributed by atoms with Crippen molar-refractivity contribution < 1.29 is 19.4 Å². The van der Waals surface area contributed by atoms with E-state index in [1.54, 1.807) is 19.2 Å². The number of methoxy groups -OCH3 is 1. The maximum Gasteiger partial charge on any atom is 0.344 e. The van der Waals surface area contributed by atoms with Gasteiger partial charge in [0.2, 0.25) is 0 Å². The van der Waals surface area contributed by atoms with E-state index in [0.29, 0.717) is 17.0 Å². The largest absolute Gasteiger partial charge is 0.494 e. The number of nitrogens with zero attached hydrogens (tertiary/aromatic N) is 1. The van der Waals surface area contributed by atoms with Crippen molar-refractivity contribution in [1.82, 2.24) is 4.98 Å². The number of benzene rings is 1. The van der Waals surface area contributed by atoms with Crippen molar-refractivity contribution >= 4 is 16.9 Å². The van der Waals surface area contributed by atoms with E-state index in [1.807, 2.05) is 19.1 Å². The van der Waals surface area contributed by atoms with Gasteiger partial charge in [-0.1, -0.05) is 6.07 Å². The minimum Gasteiger partial charge on any atom is -0.494 e. The van der Waals surface area contributed by atoms with Crippen LogP contribution in [0.2, 0.25) is 0 Å². The van der Waals surface area contributed by atoms with Crippen LogP contribution in [0.25, 0.3) is 10.9 Å². The molecule has 0 fully saturated rings. The molecule has 1 atom stereocenters. The standard InChI is InChI=1S/C14H15NO4/c1-8-7-12(19-9(2)14(16)17)10-5-4-6-11(18-3)13(10)15-8/h4-7,9H,1-3H3,(H,16,17). The Hall–Kier alpha value is -2.30. The van der Waals surface area contributed by atoms with Crippen molar-refractivity contribution in [3.8, 4) is 11.5 Å². The molecule has 0 saturated carbocycles. The second-order valence-corrected chi connectivity index (χ2v) is 4.22. The highest BCUT2D eigenvalue weighted by Crippen LogP contribution is 2.31. The van der Waals surface area contributed by atoms with Crippen molar-refractivity contribution in [3.05, 3.63) is 30.0 Å². The fourth-order valence-corrected chi connectivity index (χ4v) is 1.82. The summed E-state index contributed by atoms with van der Waals surface area (Å²) in [5.74, 6) is 0.121. The summed E-state index contributed by atoms with van der Waals surface area (Å²) in [6.45, 7) is 3.31. The third-order valence-corrected chi connectivity index (χ3v) is 2.76. The van der Waals surface area contributed by atoms with E-state index in [-0.39, 0.29) is 0 Å². The first kappa shape index (κ1) is 13.1. The summed E-state index contributed by atoms with van der Waals surface area (Å²) in [4.78, 5) is 15.3. The number of para-hydroxylation sites is 1. The average molecular weight is 261 g/mol. The van der Waals surface area contributed by atoms with Gasteiger partial charge in [-0.3, -0.25) is 0 Å². The topological polar surface area (TPSA) is 68.7 Å². The SMILES string of the molecule is COc1cccc2c(OC(C)C(=O)O)cc(C)nc12. The molecule has 0 aliphatic rings. The molecule has 100 valence electrons. The average Bonchev–Trinajstić information content (AvgIpc) is 2.37. The summed E-state index contributed by atoms with van der Waals surface area (Å²) in [6.07, 6.45) is -0.920. The Labute approximate surface area is 110 Å². The fraction of sp³-hybridized carbons (Fsp3) is 0.286. The third-order valence-electron chi connectivity index (χ3n) is 2.76. The molecule has 5 heteroatoms. The van der Waals surface area contributed by atoms with E-state index in [0.717, 1.165) is 11.1 Å². The molecule has 0 saturated heterocycles. The molecule has 1 heterocycles. The van der Waals surface area contributed by atoms with Gasteiger partial charge in [0.05, 0.1) is 7.11 Å². The van der Waals surface area contributed by atoms with Crippen LogP contribution in [0.15, 0.2) is 24.3 Å². The smallest absolute Gasteiger partial charge is 0.344 e. The van der Waals surface area contributed by atoms with E-state index in [9.17, 15) is 4.79 Å². The minimum atomic E-state index is -1.01. The van der Waals surface area contributed by atoms with E-state index in [2.05, 4.69) is 4.98 Å². The number of carbonyl (C=O) groups is 1. The summed E-state index contributed by atoms with van der Waals surface area (Å²) in [6, 6.07) is 7.17. The molecule has 2 rings (SSSR count). The highest BCUT2D eigenvalue weighted by molar-refractivity contribution is 5.90. The van der Waals surface area contributed by atoms with Crippen LogP contribution < -0.4 is 9.47 Å². The van der Waals surface area contributed by atoms with Crippen LogP contribution in [0.5, 0.6) is 11.5 Å². The van der Waals surface area contributed by atoms with Crippen molar-refractivity contribution in [3.63, 3.8) is 0 Å². The predicted octanol–water partition coefficient (Wildman–Crippen LogP) is 2.40. The molecule has 0 aliphatic heterocycles. The van der Waals surface area contributed by atoms with E-state index < -0.39 is 12.1 Å². The molecule has 19 heavy (non-hydrogen) atoms. The summed E-state index contributed by atoms with van der Waals surface area (Å²) < 4.78 is 10.7. The second kappa shape index (κ2) is 5.14. The zero-order valence-electron chi connectivity index (χ0n) is 11.0. The fourth-order valence-electron chi connectivity index (χ4n) is 1.82. The van der Waals surface area contributed by atoms with Gasteiger partial charge in [0.15, 0.2) is 6.10 Å². The Morgan fingerprint density at radius 1 is 1.37 bits per heavy atom. The first-order valence-electron chi connectivity index (χ1n) is 5.86. The van der Waals surface area contributed by atoms with Gasteiger partial charge in [-0.2, -0.15) is 0 Å². The molecule has 0 spiro atoms. The molecule has 1 aromatic carbocycles. The van der Waals surface area contributed by atoms with E-state index in [1.165, 1.54) is 6.92 Å². The van der Waals surface area contributed by atoms with Gasteiger partial charge in [-0.25, -0.2) is 9.78 Å². The lowest BCUT2D eigenvalue weighted by Crippen LogP contribution is -2.23. The Bertz CT molecular complexity index is 624. The first-order chi connectivity index (χ1) is 9.02. The first-order valence-corrected chi connectivity index (χ1v) is 5.86. The number of pyridine rings is 1. The molecular formula is C14H15NO4. The maximum absolute atomic E-state index is 10.9. The van der Waals surface area contributed by atoms with E-state index >= 15 is 0 Å². The molecule has 5 nitrogen and oxygen atoms in total. The van der Waals surface area contributed by atoms with Crippen LogP contribution in [0.4, 0.5) is 0 Å². The summed E-state index contributed by atoms with van der Waals surface area (Å²) in [5.41, 5.74) is 1.40. The summed E-state index contributed by atoms with van der Waals surface area (Å²) in [5, 5.41) is 9.65. The number of aromatic nitrogens is 1. The zero-order chi connectivity index (χ0) is 14.0. The number of aliphatic carboxylic acids is 1. The molecule has 0 bridgehead atoms. The lowest BCUT2D eigenvalue weighted by Gasteiger charge is -2.14. The van der Waals surface area contributed by atoms with Gasteiger partial charge >= 0.3 is 5.97 Å². The van der Waals surface area contributed by atoms with Gasteiger partial charge in [-0.05, 0) is 26.0 Å². The van der Waals surface area contributed by atoms with E-state index in [4.69, 9.17) is 14.6 Å². The molecular weight excluding hydrogens is 246 g/mol. The number of aryl methyl sites for hydroxylation is 1. The minimum absolute atomic E-state index is 0.497. The summed E-state index contributed by atoms with van der Waals surface area (Å²) in [7, 11) is 1.57. The third kappa shape index (κ3) is 2.59. The maximum atomic E-state index is 10.9. The van der Waals surface area contributed by atoms with Crippen molar-refractivity contribution in [2.75, 3.05) is 7.11 Å². The normalized spacial score (nSPS) is 12.2. The van der Waals surface area contributed by atoms with Gasteiger partial charge in [0.25, 0.3) is 0 Å². The van der Waals surface area contributed by atoms with Crippen LogP contribution in [0.1, 0.15) is 12.6 Å². The number of carboxylic acid groups (broad SMARTS) is 1. The molecule has 0 aliphatic carbocycles. The second-order valence-electron chi connectivity index (χ2n) is 4.22. The molecule has 0 amide bonds. The van der Waals surface area contributed by atoms with Crippen molar-refractivity contribution in [2.24, 2.45) is 0 Å². The number of carboxylic acids is 1. The quantitative estimate of drug-likeness (QED) is 0.915. The molecule has 2 aromatic rings. The van der Waals surface area contributed by atoms with Gasteiger partial charge in [0.1, 0.15) is 17.0 Å². The van der Waals surface area contributed by atoms with Gasteiger partial charge < -0.3 is 14.6 Å².